The molecule has 3 N–H and O–H groups in total. The Hall–Kier alpha value is -1.55. The molecule has 0 aromatic heterocycles. The van der Waals surface area contributed by atoms with Crippen LogP contribution in [-0.2, 0) is 11.0 Å². The molecule has 1 aromatic rings. The number of rotatable bonds is 0. The highest BCUT2D eigenvalue weighted by atomic mass is 16.5. The maximum absolute atomic E-state index is 10.3. The third-order valence-electron chi connectivity index (χ3n) is 4.47. The quantitative estimate of drug-likeness (QED) is 0.671. The summed E-state index contributed by atoms with van der Waals surface area (Å²) in [5, 5.41) is 29.8. The van der Waals surface area contributed by atoms with E-state index in [1.54, 1.807) is 6.07 Å². The minimum Gasteiger partial charge on any atom is -0.508 e. The molecule has 102 valence electrons. The minimum atomic E-state index is -0.417. The number of amidine groups is 1. The predicted molar refractivity (Wildman–Crippen MR) is 72.8 cm³/mol. The van der Waals surface area contributed by atoms with E-state index < -0.39 is 5.54 Å². The molecular weight excluding hydrogens is 240 g/mol. The zero-order valence-electron chi connectivity index (χ0n) is 11.6. The molecule has 0 unspecified atom stereocenters. The predicted octanol–water partition coefficient (Wildman–Crippen LogP) is 3.10. The van der Waals surface area contributed by atoms with Crippen LogP contribution >= 0.6 is 0 Å². The van der Waals surface area contributed by atoms with Crippen molar-refractivity contribution in [1.82, 2.24) is 5.06 Å². The Labute approximate surface area is 113 Å². The first-order chi connectivity index (χ1) is 8.79. The number of benzene rings is 1. The zero-order chi connectivity index (χ0) is 14.0. The number of fused-ring (bicyclic) bond motifs is 2. The molecule has 1 aromatic carbocycles. The van der Waals surface area contributed by atoms with Crippen molar-refractivity contribution in [1.29, 1.82) is 5.41 Å². The lowest BCUT2D eigenvalue weighted by molar-refractivity contribution is -0.138. The van der Waals surface area contributed by atoms with Crippen molar-refractivity contribution in [3.63, 3.8) is 0 Å². The molecule has 0 radical (unpaired) electrons. The van der Waals surface area contributed by atoms with Gasteiger partial charge >= 0.3 is 0 Å². The Kier molecular flexibility index (Phi) is 2.31. The van der Waals surface area contributed by atoms with E-state index >= 15 is 0 Å². The molecule has 1 fully saturated rings. The van der Waals surface area contributed by atoms with E-state index in [-0.39, 0.29) is 17.0 Å². The second-order valence-electron chi connectivity index (χ2n) is 6.68. The normalized spacial score (nSPS) is 20.6. The lowest BCUT2D eigenvalue weighted by Gasteiger charge is -2.43. The highest BCUT2D eigenvalue weighted by Crippen LogP contribution is 2.54. The molecule has 19 heavy (non-hydrogen) atoms. The van der Waals surface area contributed by atoms with Crippen LogP contribution in [0.15, 0.2) is 12.1 Å². The second kappa shape index (κ2) is 3.51. The number of hydrogen-bond donors (Lipinski definition) is 3. The molecule has 1 heterocycles. The van der Waals surface area contributed by atoms with Crippen LogP contribution < -0.4 is 0 Å². The summed E-state index contributed by atoms with van der Waals surface area (Å²) in [6, 6.07) is 3.57. The van der Waals surface area contributed by atoms with Crippen LogP contribution in [-0.4, -0.2) is 21.2 Å². The molecule has 0 amide bonds. The third kappa shape index (κ3) is 1.40. The molecule has 2 aliphatic rings. The highest BCUT2D eigenvalue weighted by molar-refractivity contribution is 6.03. The van der Waals surface area contributed by atoms with Gasteiger partial charge in [-0.3, -0.25) is 10.6 Å². The minimum absolute atomic E-state index is 0.121. The van der Waals surface area contributed by atoms with Gasteiger partial charge in [-0.15, -0.1) is 0 Å². The van der Waals surface area contributed by atoms with Gasteiger partial charge in [0.15, 0.2) is 5.84 Å². The number of hydrogen-bond acceptors (Lipinski definition) is 3. The van der Waals surface area contributed by atoms with Crippen molar-refractivity contribution in [2.75, 3.05) is 0 Å². The zero-order valence-corrected chi connectivity index (χ0v) is 11.6. The van der Waals surface area contributed by atoms with Crippen LogP contribution in [0.5, 0.6) is 5.75 Å². The van der Waals surface area contributed by atoms with Crippen molar-refractivity contribution in [3.8, 4) is 5.75 Å². The fraction of sp³-hybridized carbons (Fsp3) is 0.533. The molecule has 0 bridgehead atoms. The van der Waals surface area contributed by atoms with Crippen molar-refractivity contribution in [3.05, 3.63) is 28.8 Å². The van der Waals surface area contributed by atoms with E-state index in [1.807, 2.05) is 26.8 Å². The van der Waals surface area contributed by atoms with Crippen LogP contribution in [0.3, 0.4) is 0 Å². The Morgan fingerprint density at radius 2 is 1.89 bits per heavy atom. The number of nitrogens with one attached hydrogen (secondary N) is 1. The van der Waals surface area contributed by atoms with Gasteiger partial charge in [0.25, 0.3) is 0 Å². The first kappa shape index (κ1) is 12.5. The van der Waals surface area contributed by atoms with Crippen LogP contribution in [0.2, 0.25) is 0 Å². The van der Waals surface area contributed by atoms with Gasteiger partial charge in [0.1, 0.15) is 5.75 Å². The molecule has 0 saturated heterocycles. The summed E-state index contributed by atoms with van der Waals surface area (Å²) in [5.41, 5.74) is 1.79. The topological polar surface area (TPSA) is 67.5 Å². The monoisotopic (exact) mass is 260 g/mol. The SMILES string of the molecule is CC(C)(C)c1c(O)ccc2c1C(=N)N(O)C21CCC1. The Bertz CT molecular complexity index is 568. The summed E-state index contributed by atoms with van der Waals surface area (Å²) in [7, 11) is 0. The number of nitrogens with zero attached hydrogens (tertiary/aromatic N) is 1. The van der Waals surface area contributed by atoms with Crippen LogP contribution in [0, 0.1) is 5.41 Å². The fourth-order valence-electron chi connectivity index (χ4n) is 3.41. The second-order valence-corrected chi connectivity index (χ2v) is 6.68. The summed E-state index contributed by atoms with van der Waals surface area (Å²) < 4.78 is 0. The fourth-order valence-corrected chi connectivity index (χ4v) is 3.41. The van der Waals surface area contributed by atoms with E-state index in [1.165, 1.54) is 0 Å². The molecule has 4 nitrogen and oxygen atoms in total. The maximum Gasteiger partial charge on any atom is 0.153 e. The van der Waals surface area contributed by atoms with E-state index in [4.69, 9.17) is 5.41 Å². The third-order valence-corrected chi connectivity index (χ3v) is 4.47. The van der Waals surface area contributed by atoms with Crippen molar-refractivity contribution >= 4 is 5.84 Å². The van der Waals surface area contributed by atoms with Gasteiger partial charge in [-0.2, -0.15) is 0 Å². The van der Waals surface area contributed by atoms with Gasteiger partial charge in [0.05, 0.1) is 5.54 Å². The largest absolute Gasteiger partial charge is 0.508 e. The van der Waals surface area contributed by atoms with E-state index in [0.717, 1.165) is 41.0 Å². The lowest BCUT2D eigenvalue weighted by Crippen LogP contribution is -2.46. The molecule has 4 heteroatoms. The van der Waals surface area contributed by atoms with Gasteiger partial charge in [0, 0.05) is 11.1 Å². The van der Waals surface area contributed by atoms with Gasteiger partial charge in [0.2, 0.25) is 0 Å². The maximum atomic E-state index is 10.3. The van der Waals surface area contributed by atoms with Crippen LogP contribution in [0.25, 0.3) is 0 Å². The molecule has 3 rings (SSSR count). The Morgan fingerprint density at radius 1 is 1.26 bits per heavy atom. The number of hydroxylamine groups is 2. The molecular formula is C15H20N2O2. The molecule has 1 aliphatic carbocycles. The van der Waals surface area contributed by atoms with Gasteiger partial charge < -0.3 is 5.11 Å². The lowest BCUT2D eigenvalue weighted by atomic mass is 9.71. The summed E-state index contributed by atoms with van der Waals surface area (Å²) >= 11 is 0. The van der Waals surface area contributed by atoms with Gasteiger partial charge in [-0.05, 0) is 36.3 Å². The van der Waals surface area contributed by atoms with Crippen molar-refractivity contribution in [2.24, 2.45) is 0 Å². The van der Waals surface area contributed by atoms with E-state index in [2.05, 4.69) is 0 Å². The summed E-state index contributed by atoms with van der Waals surface area (Å²) in [6.45, 7) is 6.05. The van der Waals surface area contributed by atoms with Gasteiger partial charge in [-0.25, -0.2) is 5.06 Å². The molecule has 1 aliphatic heterocycles. The average Bonchev–Trinajstić information content (AvgIpc) is 2.47. The van der Waals surface area contributed by atoms with Crippen LogP contribution in [0.1, 0.15) is 56.7 Å². The average molecular weight is 260 g/mol. The number of phenolic OH excluding ortho intramolecular Hbond substituents is 1. The number of phenols is 1. The summed E-state index contributed by atoms with van der Waals surface area (Å²) in [4.78, 5) is 0. The Morgan fingerprint density at radius 3 is 2.37 bits per heavy atom. The first-order valence-electron chi connectivity index (χ1n) is 6.74. The van der Waals surface area contributed by atoms with E-state index in [9.17, 15) is 10.3 Å². The summed E-state index contributed by atoms with van der Waals surface area (Å²) in [6.07, 6.45) is 2.80. The number of aromatic hydroxyl groups is 1. The summed E-state index contributed by atoms with van der Waals surface area (Å²) in [5.74, 6) is 0.330. The van der Waals surface area contributed by atoms with Crippen LogP contribution in [0.4, 0.5) is 0 Å². The molecule has 1 saturated carbocycles. The molecule has 1 spiro atoms. The standard InChI is InChI=1S/C15H20N2O2/c1-14(2,3)12-10(18)6-5-9-11(12)13(16)17(19)15(9)7-4-8-15/h5-6,16,18-19H,4,7-8H2,1-3H3. The van der Waals surface area contributed by atoms with Gasteiger partial charge in [-0.1, -0.05) is 26.8 Å². The Balaban J connectivity index is 2.31. The van der Waals surface area contributed by atoms with Crippen molar-refractivity contribution in [2.45, 2.75) is 51.0 Å². The highest BCUT2D eigenvalue weighted by Gasteiger charge is 2.53. The van der Waals surface area contributed by atoms with E-state index in [0.29, 0.717) is 0 Å². The smallest absolute Gasteiger partial charge is 0.153 e. The van der Waals surface area contributed by atoms with Crippen molar-refractivity contribution < 1.29 is 10.3 Å². The molecule has 0 atom stereocenters. The first-order valence-corrected chi connectivity index (χ1v) is 6.74.